The second-order valence-electron chi connectivity index (χ2n) is 5.89. The molecule has 29 heavy (non-hydrogen) atoms. The summed E-state index contributed by atoms with van der Waals surface area (Å²) < 4.78 is 23.5. The van der Waals surface area contributed by atoms with Gasteiger partial charge < -0.3 is 14.4 Å². The van der Waals surface area contributed by atoms with E-state index in [-0.39, 0.29) is 25.4 Å². The van der Waals surface area contributed by atoms with Crippen molar-refractivity contribution in [2.24, 2.45) is 0 Å². The molecule has 0 aliphatic heterocycles. The van der Waals surface area contributed by atoms with E-state index in [1.54, 1.807) is 32.0 Å². The first-order valence-electron chi connectivity index (χ1n) is 9.13. The van der Waals surface area contributed by atoms with Crippen molar-refractivity contribution in [2.75, 3.05) is 18.1 Å². The fourth-order valence-corrected chi connectivity index (χ4v) is 2.53. The standard InChI is InChI=1S/C22H22FNO5/c1-3-28-21(26)19(22(27)29-4-2)14-20(25)24(15-16-9-6-5-7-10-16)18-12-8-11-17(23)13-18/h5-14H,3-4,15H2,1-2H3. The smallest absolute Gasteiger partial charge is 0.345 e. The minimum atomic E-state index is -0.960. The number of amides is 1. The average Bonchev–Trinajstić information content (AvgIpc) is 2.71. The van der Waals surface area contributed by atoms with Crippen molar-refractivity contribution in [3.8, 4) is 0 Å². The van der Waals surface area contributed by atoms with Crippen LogP contribution >= 0.6 is 0 Å². The van der Waals surface area contributed by atoms with E-state index < -0.39 is 29.2 Å². The third-order valence-corrected chi connectivity index (χ3v) is 3.83. The molecular weight excluding hydrogens is 377 g/mol. The van der Waals surface area contributed by atoms with Crippen molar-refractivity contribution >= 4 is 23.5 Å². The number of hydrogen-bond acceptors (Lipinski definition) is 5. The second kappa shape index (κ2) is 10.8. The zero-order chi connectivity index (χ0) is 21.2. The highest BCUT2D eigenvalue weighted by atomic mass is 19.1. The van der Waals surface area contributed by atoms with Gasteiger partial charge in [-0.15, -0.1) is 0 Å². The van der Waals surface area contributed by atoms with E-state index in [2.05, 4.69) is 0 Å². The van der Waals surface area contributed by atoms with E-state index in [0.717, 1.165) is 11.6 Å². The number of hydrogen-bond donors (Lipinski definition) is 0. The van der Waals surface area contributed by atoms with Crippen LogP contribution < -0.4 is 4.90 Å². The van der Waals surface area contributed by atoms with Gasteiger partial charge in [0, 0.05) is 11.8 Å². The maximum atomic E-state index is 13.7. The molecule has 0 N–H and O–H groups in total. The summed E-state index contributed by atoms with van der Waals surface area (Å²) >= 11 is 0. The first kappa shape index (κ1) is 21.8. The molecule has 2 rings (SSSR count). The first-order valence-corrected chi connectivity index (χ1v) is 9.13. The number of carbonyl (C=O) groups excluding carboxylic acids is 3. The van der Waals surface area contributed by atoms with Gasteiger partial charge >= 0.3 is 11.9 Å². The number of esters is 2. The Bertz CT molecular complexity index is 875. The van der Waals surface area contributed by atoms with E-state index in [1.165, 1.54) is 23.1 Å². The number of rotatable bonds is 8. The highest BCUT2D eigenvalue weighted by Crippen LogP contribution is 2.20. The molecule has 1 amide bonds. The summed E-state index contributed by atoms with van der Waals surface area (Å²) in [5, 5.41) is 0. The van der Waals surface area contributed by atoms with Crippen molar-refractivity contribution in [3.05, 3.63) is 77.6 Å². The van der Waals surface area contributed by atoms with Crippen LogP contribution in [0.25, 0.3) is 0 Å². The van der Waals surface area contributed by atoms with E-state index in [0.29, 0.717) is 0 Å². The van der Waals surface area contributed by atoms with Gasteiger partial charge in [-0.2, -0.15) is 0 Å². The van der Waals surface area contributed by atoms with E-state index in [9.17, 15) is 18.8 Å². The molecule has 0 bridgehead atoms. The molecule has 0 aliphatic carbocycles. The van der Waals surface area contributed by atoms with Gasteiger partial charge in [0.05, 0.1) is 19.8 Å². The average molecular weight is 399 g/mol. The van der Waals surface area contributed by atoms with Crippen LogP contribution in [-0.2, 0) is 30.4 Å². The number of nitrogens with zero attached hydrogens (tertiary/aromatic N) is 1. The summed E-state index contributed by atoms with van der Waals surface area (Å²) in [6, 6.07) is 14.5. The first-order chi connectivity index (χ1) is 14.0. The van der Waals surface area contributed by atoms with Crippen LogP contribution in [-0.4, -0.2) is 31.1 Å². The maximum Gasteiger partial charge on any atom is 0.345 e. The zero-order valence-corrected chi connectivity index (χ0v) is 16.3. The van der Waals surface area contributed by atoms with E-state index in [4.69, 9.17) is 9.47 Å². The lowest BCUT2D eigenvalue weighted by atomic mass is 10.1. The van der Waals surface area contributed by atoms with Crippen LogP contribution in [0.4, 0.5) is 10.1 Å². The van der Waals surface area contributed by atoms with Gasteiger partial charge in [-0.25, -0.2) is 14.0 Å². The van der Waals surface area contributed by atoms with Crippen molar-refractivity contribution in [3.63, 3.8) is 0 Å². The highest BCUT2D eigenvalue weighted by Gasteiger charge is 2.25. The Kier molecular flexibility index (Phi) is 8.09. The Morgan fingerprint density at radius 1 is 0.931 bits per heavy atom. The molecule has 0 saturated heterocycles. The largest absolute Gasteiger partial charge is 0.462 e. The molecule has 6 nitrogen and oxygen atoms in total. The van der Waals surface area contributed by atoms with Gasteiger partial charge in [0.25, 0.3) is 5.91 Å². The molecule has 2 aromatic carbocycles. The van der Waals surface area contributed by atoms with Crippen LogP contribution in [0.2, 0.25) is 0 Å². The van der Waals surface area contributed by atoms with Crippen LogP contribution in [0.3, 0.4) is 0 Å². The number of carbonyl (C=O) groups is 3. The molecule has 0 aromatic heterocycles. The maximum absolute atomic E-state index is 13.7. The Balaban J connectivity index is 2.43. The predicted molar refractivity (Wildman–Crippen MR) is 105 cm³/mol. The van der Waals surface area contributed by atoms with E-state index in [1.807, 2.05) is 18.2 Å². The molecule has 0 unspecified atom stereocenters. The summed E-state index contributed by atoms with van der Waals surface area (Å²) in [4.78, 5) is 38.5. The van der Waals surface area contributed by atoms with Crippen molar-refractivity contribution < 1.29 is 28.2 Å². The molecule has 0 saturated carbocycles. The SMILES string of the molecule is CCOC(=O)C(=CC(=O)N(Cc1ccccc1)c1cccc(F)c1)C(=O)OCC. The minimum absolute atomic E-state index is 0.0292. The third-order valence-electron chi connectivity index (χ3n) is 3.83. The number of anilines is 1. The number of ether oxygens (including phenoxy) is 2. The van der Waals surface area contributed by atoms with E-state index >= 15 is 0 Å². The zero-order valence-electron chi connectivity index (χ0n) is 16.3. The molecule has 0 atom stereocenters. The summed E-state index contributed by atoms with van der Waals surface area (Å²) in [5.41, 5.74) is 0.544. The molecule has 0 aliphatic rings. The highest BCUT2D eigenvalue weighted by molar-refractivity contribution is 6.19. The summed E-state index contributed by atoms with van der Waals surface area (Å²) in [7, 11) is 0. The van der Waals surface area contributed by atoms with Crippen LogP contribution in [0.15, 0.2) is 66.2 Å². The van der Waals surface area contributed by atoms with Gasteiger partial charge in [-0.1, -0.05) is 36.4 Å². The lowest BCUT2D eigenvalue weighted by molar-refractivity contribution is -0.146. The third kappa shape index (κ3) is 6.27. The number of benzene rings is 2. The van der Waals surface area contributed by atoms with Gasteiger partial charge in [-0.05, 0) is 37.6 Å². The van der Waals surface area contributed by atoms with Gasteiger partial charge in [-0.3, -0.25) is 4.79 Å². The molecule has 0 fully saturated rings. The predicted octanol–water partition coefficient (Wildman–Crippen LogP) is 3.41. The fourth-order valence-electron chi connectivity index (χ4n) is 2.53. The normalized spacial score (nSPS) is 10.0. The topological polar surface area (TPSA) is 72.9 Å². The monoisotopic (exact) mass is 399 g/mol. The summed E-state index contributed by atoms with van der Waals surface area (Å²) in [6.07, 6.45) is 0.865. The van der Waals surface area contributed by atoms with Gasteiger partial charge in [0.15, 0.2) is 0 Å². The molecule has 152 valence electrons. The van der Waals surface area contributed by atoms with Gasteiger partial charge in [0.2, 0.25) is 0 Å². The van der Waals surface area contributed by atoms with Crippen molar-refractivity contribution in [1.82, 2.24) is 0 Å². The number of halogens is 1. The van der Waals surface area contributed by atoms with Crippen LogP contribution in [0.1, 0.15) is 19.4 Å². The lowest BCUT2D eigenvalue weighted by Gasteiger charge is -2.22. The quantitative estimate of drug-likeness (QED) is 0.294. The Morgan fingerprint density at radius 3 is 2.10 bits per heavy atom. The molecule has 2 aromatic rings. The molecule has 0 spiro atoms. The molecule has 0 heterocycles. The Hall–Kier alpha value is -3.48. The molecule has 7 heteroatoms. The molecule has 0 radical (unpaired) electrons. The fraction of sp³-hybridized carbons (Fsp3) is 0.227. The van der Waals surface area contributed by atoms with Crippen molar-refractivity contribution in [2.45, 2.75) is 20.4 Å². The second-order valence-corrected chi connectivity index (χ2v) is 5.89. The van der Waals surface area contributed by atoms with Gasteiger partial charge in [0.1, 0.15) is 11.4 Å². The Morgan fingerprint density at radius 2 is 1.55 bits per heavy atom. The Labute approximate surface area is 168 Å². The minimum Gasteiger partial charge on any atom is -0.462 e. The summed E-state index contributed by atoms with van der Waals surface area (Å²) in [6.45, 7) is 3.33. The van der Waals surface area contributed by atoms with Crippen LogP contribution in [0.5, 0.6) is 0 Å². The molecular formula is C22H22FNO5. The van der Waals surface area contributed by atoms with Crippen molar-refractivity contribution in [1.29, 1.82) is 0 Å². The lowest BCUT2D eigenvalue weighted by Crippen LogP contribution is -2.31. The van der Waals surface area contributed by atoms with Crippen LogP contribution in [0, 0.1) is 5.82 Å². The summed E-state index contributed by atoms with van der Waals surface area (Å²) in [5.74, 6) is -3.12.